The van der Waals surface area contributed by atoms with Gasteiger partial charge in [0.1, 0.15) is 5.75 Å². The number of carbonyl (C=O) groups excluding carboxylic acids is 2. The number of aromatic nitrogens is 1. The number of phenolic OH excluding ortho intramolecular Hbond substituents is 1. The molecule has 0 bridgehead atoms. The number of hydrogen-bond acceptors (Lipinski definition) is 6. The summed E-state index contributed by atoms with van der Waals surface area (Å²) in [5.74, 6) is -1.60. The van der Waals surface area contributed by atoms with Crippen LogP contribution in [0.2, 0.25) is 0 Å². The molecule has 216 valence electrons. The molecule has 5 rings (SSSR count). The molecule has 2 amide bonds. The average Bonchev–Trinajstić information content (AvgIpc) is 3.49. The fourth-order valence-corrected chi connectivity index (χ4v) is 6.75. The zero-order valence-electron chi connectivity index (χ0n) is 23.5. The van der Waals surface area contributed by atoms with E-state index in [0.29, 0.717) is 45.3 Å². The molecule has 2 fully saturated rings. The number of carboxylic acid groups (broad SMARTS) is 1. The first-order valence-electron chi connectivity index (χ1n) is 14.7. The van der Waals surface area contributed by atoms with E-state index in [-0.39, 0.29) is 47.8 Å². The summed E-state index contributed by atoms with van der Waals surface area (Å²) in [6, 6.07) is 13.0. The number of aliphatic carboxylic acids is 1. The highest BCUT2D eigenvalue weighted by Gasteiger charge is 2.56. The molecule has 3 heterocycles. The Morgan fingerprint density at radius 3 is 2.66 bits per heavy atom. The van der Waals surface area contributed by atoms with Gasteiger partial charge in [-0.3, -0.25) is 24.3 Å². The molecule has 1 aliphatic carbocycles. The van der Waals surface area contributed by atoms with Crippen LogP contribution in [-0.4, -0.2) is 57.1 Å². The topological polar surface area (TPSA) is 117 Å². The molecule has 0 radical (unpaired) electrons. The fourth-order valence-electron chi connectivity index (χ4n) is 6.75. The summed E-state index contributed by atoms with van der Waals surface area (Å²) in [6.07, 6.45) is 8.48. The van der Waals surface area contributed by atoms with Crippen LogP contribution >= 0.6 is 0 Å². The van der Waals surface area contributed by atoms with Crippen LogP contribution < -0.4 is 0 Å². The van der Waals surface area contributed by atoms with Gasteiger partial charge in [0.25, 0.3) is 0 Å². The largest absolute Gasteiger partial charge is 0.508 e. The molecule has 1 aromatic carbocycles. The Bertz CT molecular complexity index is 1350. The van der Waals surface area contributed by atoms with E-state index in [9.17, 15) is 19.5 Å². The standard InChI is InChI=1S/C33H38N2O6/c1-2-22-19-25-31(33(40)35(32(25)39)16-7-3-4-12-29(37)38)26-20-41-28(30(22)26)14-13-23(27-11-5-6-15-34-27)17-21-9-8-10-24(36)18-21/h5-6,8-11,15,17-18,25-26,28,31,36H,2-4,7,12-14,16,19-20H2,1H3,(H,37,38)/b23-17-/t25-,26+,28-,31-/m1/s1. The van der Waals surface area contributed by atoms with Crippen molar-refractivity contribution in [3.05, 3.63) is 71.1 Å². The number of fused-ring (bicyclic) bond motifs is 3. The predicted octanol–water partition coefficient (Wildman–Crippen LogP) is 5.48. The number of pyridine rings is 1. The summed E-state index contributed by atoms with van der Waals surface area (Å²) < 4.78 is 6.37. The fraction of sp³-hybridized carbons (Fsp3) is 0.455. The molecule has 2 N–H and O–H groups in total. The monoisotopic (exact) mass is 558 g/mol. The molecule has 3 aliphatic rings. The molecule has 2 aliphatic heterocycles. The van der Waals surface area contributed by atoms with Crippen LogP contribution in [0.1, 0.15) is 69.5 Å². The van der Waals surface area contributed by atoms with Crippen molar-refractivity contribution < 1.29 is 29.3 Å². The lowest BCUT2D eigenvalue weighted by molar-refractivity contribution is -0.141. The molecule has 4 atom stereocenters. The second-order valence-electron chi connectivity index (χ2n) is 11.2. The molecule has 41 heavy (non-hydrogen) atoms. The summed E-state index contributed by atoms with van der Waals surface area (Å²) in [5.41, 5.74) is 5.24. The van der Waals surface area contributed by atoms with E-state index in [1.165, 1.54) is 16.0 Å². The minimum atomic E-state index is -0.826. The molecule has 0 saturated carbocycles. The zero-order chi connectivity index (χ0) is 28.9. The Hall–Kier alpha value is -3.78. The molecule has 0 unspecified atom stereocenters. The number of aromatic hydroxyl groups is 1. The van der Waals surface area contributed by atoms with Gasteiger partial charge >= 0.3 is 5.97 Å². The van der Waals surface area contributed by atoms with Crippen molar-refractivity contribution >= 4 is 29.4 Å². The van der Waals surface area contributed by atoms with Gasteiger partial charge in [0.15, 0.2) is 0 Å². The second kappa shape index (κ2) is 12.8. The summed E-state index contributed by atoms with van der Waals surface area (Å²) in [7, 11) is 0. The Labute approximate surface area is 240 Å². The lowest BCUT2D eigenvalue weighted by Crippen LogP contribution is -2.34. The van der Waals surface area contributed by atoms with Crippen molar-refractivity contribution in [3.63, 3.8) is 0 Å². The molecule has 0 spiro atoms. The highest BCUT2D eigenvalue weighted by atomic mass is 16.5. The van der Waals surface area contributed by atoms with Gasteiger partial charge in [0, 0.05) is 25.1 Å². The highest BCUT2D eigenvalue weighted by molar-refractivity contribution is 6.06. The van der Waals surface area contributed by atoms with Gasteiger partial charge in [0.05, 0.1) is 30.2 Å². The van der Waals surface area contributed by atoms with Crippen LogP contribution in [0.3, 0.4) is 0 Å². The van der Waals surface area contributed by atoms with E-state index in [1.54, 1.807) is 18.3 Å². The van der Waals surface area contributed by atoms with Crippen LogP contribution in [0.25, 0.3) is 11.6 Å². The number of nitrogens with zero attached hydrogens (tertiary/aromatic N) is 2. The third kappa shape index (κ3) is 6.27. The van der Waals surface area contributed by atoms with Crippen molar-refractivity contribution in [2.75, 3.05) is 13.2 Å². The first-order chi connectivity index (χ1) is 19.9. The number of allylic oxidation sites excluding steroid dienone is 2. The smallest absolute Gasteiger partial charge is 0.303 e. The maximum absolute atomic E-state index is 13.5. The third-order valence-corrected chi connectivity index (χ3v) is 8.68. The van der Waals surface area contributed by atoms with Gasteiger partial charge in [-0.15, -0.1) is 0 Å². The number of unbranched alkanes of at least 4 members (excludes halogenated alkanes) is 2. The highest BCUT2D eigenvalue weighted by Crippen LogP contribution is 2.50. The Balaban J connectivity index is 1.31. The Kier molecular flexibility index (Phi) is 8.98. The van der Waals surface area contributed by atoms with Crippen LogP contribution in [0.15, 0.2) is 59.8 Å². The number of ether oxygens (including phenoxy) is 1. The summed E-state index contributed by atoms with van der Waals surface area (Å²) in [6.45, 7) is 2.90. The predicted molar refractivity (Wildman–Crippen MR) is 154 cm³/mol. The van der Waals surface area contributed by atoms with E-state index in [2.05, 4.69) is 11.9 Å². The average molecular weight is 559 g/mol. The molecule has 2 aromatic rings. The van der Waals surface area contributed by atoms with Crippen molar-refractivity contribution in [1.29, 1.82) is 0 Å². The normalized spacial score (nSPS) is 24.1. The van der Waals surface area contributed by atoms with Gasteiger partial charge in [-0.25, -0.2) is 0 Å². The van der Waals surface area contributed by atoms with Crippen molar-refractivity contribution in [1.82, 2.24) is 9.88 Å². The Morgan fingerprint density at radius 2 is 1.93 bits per heavy atom. The maximum Gasteiger partial charge on any atom is 0.303 e. The number of benzene rings is 1. The lowest BCUT2D eigenvalue weighted by Gasteiger charge is -2.31. The first-order valence-corrected chi connectivity index (χ1v) is 14.7. The first kappa shape index (κ1) is 28.7. The van der Waals surface area contributed by atoms with E-state index >= 15 is 0 Å². The summed E-state index contributed by atoms with van der Waals surface area (Å²) in [4.78, 5) is 43.7. The van der Waals surface area contributed by atoms with Gasteiger partial charge in [0.2, 0.25) is 11.8 Å². The van der Waals surface area contributed by atoms with Gasteiger partial charge in [-0.2, -0.15) is 0 Å². The molecular weight excluding hydrogens is 520 g/mol. The van der Waals surface area contributed by atoms with Crippen molar-refractivity contribution in [2.24, 2.45) is 17.8 Å². The second-order valence-corrected chi connectivity index (χ2v) is 11.2. The number of carbonyl (C=O) groups is 3. The zero-order valence-corrected chi connectivity index (χ0v) is 23.5. The molecule has 1 aromatic heterocycles. The molecule has 8 nitrogen and oxygen atoms in total. The van der Waals surface area contributed by atoms with E-state index in [1.807, 2.05) is 36.4 Å². The van der Waals surface area contributed by atoms with Crippen LogP contribution in [0.4, 0.5) is 0 Å². The third-order valence-electron chi connectivity index (χ3n) is 8.68. The van der Waals surface area contributed by atoms with Gasteiger partial charge < -0.3 is 14.9 Å². The van der Waals surface area contributed by atoms with Gasteiger partial charge in [-0.1, -0.05) is 37.1 Å². The summed E-state index contributed by atoms with van der Waals surface area (Å²) >= 11 is 0. The minimum absolute atomic E-state index is 0.0850. The Morgan fingerprint density at radius 1 is 1.07 bits per heavy atom. The molecular formula is C33H38N2O6. The molecule has 8 heteroatoms. The van der Waals surface area contributed by atoms with Crippen molar-refractivity contribution in [3.8, 4) is 5.75 Å². The molecule has 2 saturated heterocycles. The number of carboxylic acids is 1. The lowest BCUT2D eigenvalue weighted by atomic mass is 9.69. The summed E-state index contributed by atoms with van der Waals surface area (Å²) in [5, 5.41) is 18.8. The minimum Gasteiger partial charge on any atom is -0.508 e. The van der Waals surface area contributed by atoms with Gasteiger partial charge in [-0.05, 0) is 85.6 Å². The van der Waals surface area contributed by atoms with E-state index in [4.69, 9.17) is 9.84 Å². The van der Waals surface area contributed by atoms with E-state index in [0.717, 1.165) is 29.7 Å². The number of amides is 2. The number of rotatable bonds is 12. The number of hydrogen-bond donors (Lipinski definition) is 2. The number of likely N-dealkylation sites (tertiary alicyclic amines) is 1. The quantitative estimate of drug-likeness (QED) is 0.201. The van der Waals surface area contributed by atoms with Crippen LogP contribution in [-0.2, 0) is 19.1 Å². The van der Waals surface area contributed by atoms with E-state index < -0.39 is 5.97 Å². The number of imide groups is 1. The van der Waals surface area contributed by atoms with Crippen LogP contribution in [0.5, 0.6) is 5.75 Å². The number of phenols is 1. The van der Waals surface area contributed by atoms with Crippen LogP contribution in [0, 0.1) is 17.8 Å². The maximum atomic E-state index is 13.5. The SMILES string of the molecule is CCC1=C2[C@@H](CC/C(=C/c3cccc(O)c3)c3ccccn3)OC[C@@H]2[C@@H]2C(=O)N(CCCCCC(=O)O)C(=O)[C@@H]2C1. The van der Waals surface area contributed by atoms with Crippen molar-refractivity contribution in [2.45, 2.75) is 64.4 Å².